The van der Waals surface area contributed by atoms with Gasteiger partial charge in [-0.2, -0.15) is 0 Å². The summed E-state index contributed by atoms with van der Waals surface area (Å²) in [5, 5.41) is 5.72. The number of urea groups is 1. The molecule has 1 aliphatic rings. The molecule has 1 fully saturated rings. The Balaban J connectivity index is 1.58. The van der Waals surface area contributed by atoms with Gasteiger partial charge >= 0.3 is 6.03 Å². The van der Waals surface area contributed by atoms with E-state index in [9.17, 15) is 14.4 Å². The summed E-state index contributed by atoms with van der Waals surface area (Å²) < 4.78 is 0. The summed E-state index contributed by atoms with van der Waals surface area (Å²) in [5.74, 6) is -0.233. The van der Waals surface area contributed by atoms with Crippen molar-refractivity contribution in [3.63, 3.8) is 0 Å². The van der Waals surface area contributed by atoms with E-state index in [1.54, 1.807) is 29.2 Å². The number of carbonyl (C=O) groups excluding carboxylic acids is 3. The van der Waals surface area contributed by atoms with E-state index in [4.69, 9.17) is 0 Å². The molecular formula is C21H23N3O3. The van der Waals surface area contributed by atoms with Crippen LogP contribution in [0.3, 0.4) is 0 Å². The zero-order valence-electron chi connectivity index (χ0n) is 15.3. The average Bonchev–Trinajstić information content (AvgIpc) is 3.17. The number of Topliss-reactive ketones (excluding diaryl/α,β-unsaturated/α-hetero) is 1. The maximum Gasteiger partial charge on any atom is 0.318 e. The summed E-state index contributed by atoms with van der Waals surface area (Å²) in [6.07, 6.45) is 1.43. The second-order valence-corrected chi connectivity index (χ2v) is 6.62. The largest absolute Gasteiger partial charge is 0.334 e. The molecule has 2 N–H and O–H groups in total. The Labute approximate surface area is 158 Å². The molecule has 1 aliphatic heterocycles. The zero-order valence-corrected chi connectivity index (χ0v) is 15.3. The van der Waals surface area contributed by atoms with Crippen LogP contribution in [0.5, 0.6) is 0 Å². The van der Waals surface area contributed by atoms with Crippen molar-refractivity contribution in [2.75, 3.05) is 11.9 Å². The molecule has 3 rings (SSSR count). The molecule has 0 aliphatic carbocycles. The van der Waals surface area contributed by atoms with Crippen LogP contribution in [0.25, 0.3) is 0 Å². The molecular weight excluding hydrogens is 342 g/mol. The Kier molecular flexibility index (Phi) is 5.86. The number of hydrogen-bond donors (Lipinski definition) is 2. The molecule has 2 aromatic carbocycles. The molecule has 0 unspecified atom stereocenters. The minimum absolute atomic E-state index is 0.0232. The fourth-order valence-corrected chi connectivity index (χ4v) is 3.17. The van der Waals surface area contributed by atoms with Crippen molar-refractivity contribution in [1.29, 1.82) is 0 Å². The Morgan fingerprint density at radius 2 is 1.74 bits per heavy atom. The van der Waals surface area contributed by atoms with Gasteiger partial charge in [0.05, 0.1) is 0 Å². The van der Waals surface area contributed by atoms with E-state index in [-0.39, 0.29) is 17.7 Å². The SMILES string of the molecule is CC(=O)c1ccc(NC(=O)[C@H]2CCCN2C(=O)NCc2ccccc2)cc1. The predicted octanol–water partition coefficient (Wildman–Crippen LogP) is 3.20. The molecule has 1 heterocycles. The third-order valence-corrected chi connectivity index (χ3v) is 4.66. The van der Waals surface area contributed by atoms with Crippen molar-refractivity contribution >= 4 is 23.4 Å². The maximum absolute atomic E-state index is 12.6. The molecule has 0 saturated carbocycles. The highest BCUT2D eigenvalue weighted by Crippen LogP contribution is 2.20. The van der Waals surface area contributed by atoms with Gasteiger partial charge < -0.3 is 15.5 Å². The Morgan fingerprint density at radius 3 is 2.41 bits per heavy atom. The van der Waals surface area contributed by atoms with E-state index in [1.807, 2.05) is 30.3 Å². The number of amides is 3. The van der Waals surface area contributed by atoms with Crippen LogP contribution in [0.2, 0.25) is 0 Å². The number of hydrogen-bond acceptors (Lipinski definition) is 3. The van der Waals surface area contributed by atoms with Gasteiger partial charge in [0.25, 0.3) is 0 Å². The van der Waals surface area contributed by atoms with Crippen molar-refractivity contribution in [2.45, 2.75) is 32.4 Å². The molecule has 2 aromatic rings. The standard InChI is InChI=1S/C21H23N3O3/c1-15(25)17-9-11-18(12-10-17)23-20(26)19-8-5-13-24(19)21(27)22-14-16-6-3-2-4-7-16/h2-4,6-7,9-12,19H,5,8,13-14H2,1H3,(H,22,27)(H,23,26)/t19-/m1/s1. The van der Waals surface area contributed by atoms with Crippen LogP contribution in [0.4, 0.5) is 10.5 Å². The van der Waals surface area contributed by atoms with E-state index in [0.29, 0.717) is 30.8 Å². The Morgan fingerprint density at radius 1 is 1.04 bits per heavy atom. The van der Waals surface area contributed by atoms with E-state index >= 15 is 0 Å². The summed E-state index contributed by atoms with van der Waals surface area (Å²) in [4.78, 5) is 38.0. The van der Waals surface area contributed by atoms with Gasteiger partial charge in [-0.15, -0.1) is 0 Å². The van der Waals surface area contributed by atoms with E-state index < -0.39 is 6.04 Å². The first kappa shape index (κ1) is 18.6. The third-order valence-electron chi connectivity index (χ3n) is 4.66. The molecule has 3 amide bonds. The van der Waals surface area contributed by atoms with Crippen LogP contribution in [-0.4, -0.2) is 35.2 Å². The fraction of sp³-hybridized carbons (Fsp3) is 0.286. The van der Waals surface area contributed by atoms with Crippen molar-refractivity contribution in [3.05, 3.63) is 65.7 Å². The first-order valence-electron chi connectivity index (χ1n) is 9.05. The Hall–Kier alpha value is -3.15. The van der Waals surface area contributed by atoms with Gasteiger partial charge in [-0.05, 0) is 49.6 Å². The van der Waals surface area contributed by atoms with Crippen LogP contribution in [0.1, 0.15) is 35.7 Å². The zero-order chi connectivity index (χ0) is 19.2. The van der Waals surface area contributed by atoms with Gasteiger partial charge in [-0.1, -0.05) is 30.3 Å². The summed E-state index contributed by atoms with van der Waals surface area (Å²) in [6, 6.07) is 15.7. The molecule has 0 aromatic heterocycles. The minimum atomic E-state index is -0.492. The van der Waals surface area contributed by atoms with E-state index in [2.05, 4.69) is 10.6 Å². The number of ketones is 1. The highest BCUT2D eigenvalue weighted by Gasteiger charge is 2.34. The maximum atomic E-state index is 12.6. The predicted molar refractivity (Wildman–Crippen MR) is 103 cm³/mol. The van der Waals surface area contributed by atoms with Gasteiger partial charge in [-0.3, -0.25) is 9.59 Å². The fourth-order valence-electron chi connectivity index (χ4n) is 3.17. The highest BCUT2D eigenvalue weighted by molar-refractivity contribution is 5.98. The summed E-state index contributed by atoms with van der Waals surface area (Å²) in [6.45, 7) is 2.48. The first-order valence-corrected chi connectivity index (χ1v) is 9.05. The van der Waals surface area contributed by atoms with E-state index in [1.165, 1.54) is 6.92 Å². The molecule has 1 atom stereocenters. The van der Waals surface area contributed by atoms with Crippen LogP contribution >= 0.6 is 0 Å². The lowest BCUT2D eigenvalue weighted by Crippen LogP contribution is -2.47. The van der Waals surface area contributed by atoms with Crippen molar-refractivity contribution < 1.29 is 14.4 Å². The Bertz CT molecular complexity index is 818. The molecule has 0 bridgehead atoms. The van der Waals surface area contributed by atoms with Crippen LogP contribution in [0.15, 0.2) is 54.6 Å². The summed E-state index contributed by atoms with van der Waals surface area (Å²) in [5.41, 5.74) is 2.22. The highest BCUT2D eigenvalue weighted by atomic mass is 16.2. The molecule has 140 valence electrons. The van der Waals surface area contributed by atoms with Gasteiger partial charge in [0.15, 0.2) is 5.78 Å². The van der Waals surface area contributed by atoms with Gasteiger partial charge in [0.2, 0.25) is 5.91 Å². The smallest absolute Gasteiger partial charge is 0.318 e. The molecule has 6 heteroatoms. The summed E-state index contributed by atoms with van der Waals surface area (Å²) in [7, 11) is 0. The van der Waals surface area contributed by atoms with Crippen LogP contribution < -0.4 is 10.6 Å². The normalized spacial score (nSPS) is 16.0. The van der Waals surface area contributed by atoms with Gasteiger partial charge in [0.1, 0.15) is 6.04 Å². The second-order valence-electron chi connectivity index (χ2n) is 6.62. The van der Waals surface area contributed by atoms with Gasteiger partial charge in [0, 0.05) is 24.3 Å². The number of nitrogens with one attached hydrogen (secondary N) is 2. The molecule has 6 nitrogen and oxygen atoms in total. The van der Waals surface area contributed by atoms with Crippen LogP contribution in [0, 0.1) is 0 Å². The lowest BCUT2D eigenvalue weighted by atomic mass is 10.1. The number of likely N-dealkylation sites (tertiary alicyclic amines) is 1. The molecule has 0 radical (unpaired) electrons. The first-order chi connectivity index (χ1) is 13.0. The lowest BCUT2D eigenvalue weighted by molar-refractivity contribution is -0.119. The average molecular weight is 365 g/mol. The van der Waals surface area contributed by atoms with Crippen molar-refractivity contribution in [3.8, 4) is 0 Å². The number of benzene rings is 2. The molecule has 27 heavy (non-hydrogen) atoms. The molecule has 1 saturated heterocycles. The lowest BCUT2D eigenvalue weighted by Gasteiger charge is -2.24. The van der Waals surface area contributed by atoms with Gasteiger partial charge in [-0.25, -0.2) is 4.79 Å². The topological polar surface area (TPSA) is 78.5 Å². The monoisotopic (exact) mass is 365 g/mol. The van der Waals surface area contributed by atoms with Crippen molar-refractivity contribution in [2.24, 2.45) is 0 Å². The third kappa shape index (κ3) is 4.73. The second kappa shape index (κ2) is 8.49. The number of carbonyl (C=O) groups is 3. The number of nitrogens with zero attached hydrogens (tertiary/aromatic N) is 1. The molecule has 0 spiro atoms. The van der Waals surface area contributed by atoms with Crippen molar-refractivity contribution in [1.82, 2.24) is 10.2 Å². The number of anilines is 1. The van der Waals surface area contributed by atoms with Crippen LogP contribution in [-0.2, 0) is 11.3 Å². The van der Waals surface area contributed by atoms with E-state index in [0.717, 1.165) is 12.0 Å². The number of rotatable bonds is 5. The summed E-state index contributed by atoms with van der Waals surface area (Å²) >= 11 is 0. The quantitative estimate of drug-likeness (QED) is 0.799. The minimum Gasteiger partial charge on any atom is -0.334 e.